The average molecular weight is 292 g/mol. The van der Waals surface area contributed by atoms with E-state index in [1.54, 1.807) is 0 Å². The standard InChI is InChI=1S/C18H32N2O/c1-5-6-7-8-9-16(4)21-18-11-10-17(14-20-18)13-19-12-15(2)3/h10-11,14-16,19H,5-9,12-13H2,1-4H3. The van der Waals surface area contributed by atoms with Crippen LogP contribution in [0.4, 0.5) is 0 Å². The van der Waals surface area contributed by atoms with Gasteiger partial charge in [0.1, 0.15) is 0 Å². The van der Waals surface area contributed by atoms with Crippen LogP contribution in [-0.4, -0.2) is 17.6 Å². The third kappa shape index (κ3) is 8.71. The van der Waals surface area contributed by atoms with Gasteiger partial charge in [0.15, 0.2) is 0 Å². The van der Waals surface area contributed by atoms with E-state index in [9.17, 15) is 0 Å². The van der Waals surface area contributed by atoms with Gasteiger partial charge in [0, 0.05) is 18.8 Å². The highest BCUT2D eigenvalue weighted by molar-refractivity contribution is 5.17. The summed E-state index contributed by atoms with van der Waals surface area (Å²) in [6.45, 7) is 10.7. The predicted octanol–water partition coefficient (Wildman–Crippen LogP) is 4.56. The molecule has 1 aromatic heterocycles. The second-order valence-corrected chi connectivity index (χ2v) is 6.31. The lowest BCUT2D eigenvalue weighted by atomic mass is 10.1. The van der Waals surface area contributed by atoms with Crippen molar-refractivity contribution in [3.8, 4) is 5.88 Å². The Balaban J connectivity index is 2.26. The van der Waals surface area contributed by atoms with Gasteiger partial charge in [0.2, 0.25) is 5.88 Å². The molecule has 0 radical (unpaired) electrons. The molecule has 0 spiro atoms. The summed E-state index contributed by atoms with van der Waals surface area (Å²) in [5.74, 6) is 1.42. The molecule has 0 aliphatic carbocycles. The van der Waals surface area contributed by atoms with E-state index in [2.05, 4.69) is 44.1 Å². The van der Waals surface area contributed by atoms with Gasteiger partial charge >= 0.3 is 0 Å². The summed E-state index contributed by atoms with van der Waals surface area (Å²) in [4.78, 5) is 4.40. The van der Waals surface area contributed by atoms with Crippen molar-refractivity contribution in [1.29, 1.82) is 0 Å². The summed E-state index contributed by atoms with van der Waals surface area (Å²) in [6.07, 6.45) is 8.42. The minimum atomic E-state index is 0.249. The minimum absolute atomic E-state index is 0.249. The summed E-state index contributed by atoms with van der Waals surface area (Å²) in [7, 11) is 0. The molecule has 1 unspecified atom stereocenters. The predicted molar refractivity (Wildman–Crippen MR) is 89.6 cm³/mol. The fourth-order valence-electron chi connectivity index (χ4n) is 2.21. The van der Waals surface area contributed by atoms with Gasteiger partial charge in [-0.2, -0.15) is 0 Å². The first-order valence-corrected chi connectivity index (χ1v) is 8.44. The van der Waals surface area contributed by atoms with Gasteiger partial charge in [-0.1, -0.05) is 46.1 Å². The van der Waals surface area contributed by atoms with Crippen molar-refractivity contribution in [2.45, 2.75) is 72.4 Å². The number of hydrogen-bond acceptors (Lipinski definition) is 3. The van der Waals surface area contributed by atoms with E-state index < -0.39 is 0 Å². The van der Waals surface area contributed by atoms with Crippen LogP contribution in [0, 0.1) is 5.92 Å². The largest absolute Gasteiger partial charge is 0.475 e. The van der Waals surface area contributed by atoms with Gasteiger partial charge in [-0.15, -0.1) is 0 Å². The highest BCUT2D eigenvalue weighted by Crippen LogP contribution is 2.13. The molecule has 0 saturated heterocycles. The molecule has 1 aromatic rings. The average Bonchev–Trinajstić information content (AvgIpc) is 2.45. The van der Waals surface area contributed by atoms with Gasteiger partial charge in [-0.25, -0.2) is 4.98 Å². The van der Waals surface area contributed by atoms with Crippen LogP contribution in [0.5, 0.6) is 5.88 Å². The van der Waals surface area contributed by atoms with Gasteiger partial charge in [0.05, 0.1) is 6.10 Å². The van der Waals surface area contributed by atoms with E-state index in [1.807, 2.05) is 12.3 Å². The van der Waals surface area contributed by atoms with Crippen LogP contribution in [-0.2, 0) is 6.54 Å². The molecule has 120 valence electrons. The molecular weight excluding hydrogens is 260 g/mol. The summed E-state index contributed by atoms with van der Waals surface area (Å²) >= 11 is 0. The van der Waals surface area contributed by atoms with Crippen molar-refractivity contribution < 1.29 is 4.74 Å². The van der Waals surface area contributed by atoms with E-state index in [4.69, 9.17) is 4.74 Å². The number of nitrogens with one attached hydrogen (secondary N) is 1. The minimum Gasteiger partial charge on any atom is -0.475 e. The lowest BCUT2D eigenvalue weighted by Crippen LogP contribution is -2.19. The lowest BCUT2D eigenvalue weighted by Gasteiger charge is -2.14. The second-order valence-electron chi connectivity index (χ2n) is 6.31. The van der Waals surface area contributed by atoms with Crippen molar-refractivity contribution in [3.05, 3.63) is 23.9 Å². The summed E-state index contributed by atoms with van der Waals surface area (Å²) < 4.78 is 5.86. The van der Waals surface area contributed by atoms with Gasteiger partial charge in [0.25, 0.3) is 0 Å². The topological polar surface area (TPSA) is 34.1 Å². The maximum absolute atomic E-state index is 5.86. The number of rotatable bonds is 11. The highest BCUT2D eigenvalue weighted by atomic mass is 16.5. The van der Waals surface area contributed by atoms with Crippen LogP contribution < -0.4 is 10.1 Å². The van der Waals surface area contributed by atoms with E-state index >= 15 is 0 Å². The monoisotopic (exact) mass is 292 g/mol. The van der Waals surface area contributed by atoms with Gasteiger partial charge in [-0.3, -0.25) is 0 Å². The normalized spacial score (nSPS) is 12.6. The lowest BCUT2D eigenvalue weighted by molar-refractivity contribution is 0.198. The van der Waals surface area contributed by atoms with Crippen LogP contribution >= 0.6 is 0 Å². The molecule has 1 heterocycles. The van der Waals surface area contributed by atoms with Crippen LogP contribution in [0.1, 0.15) is 65.4 Å². The quantitative estimate of drug-likeness (QED) is 0.607. The third-order valence-corrected chi connectivity index (χ3v) is 3.47. The number of nitrogens with zero attached hydrogens (tertiary/aromatic N) is 1. The number of unbranched alkanes of at least 4 members (excludes halogenated alkanes) is 3. The zero-order valence-electron chi connectivity index (χ0n) is 14.2. The van der Waals surface area contributed by atoms with E-state index in [0.29, 0.717) is 5.92 Å². The Bertz CT molecular complexity index is 362. The molecule has 0 fully saturated rings. The Morgan fingerprint density at radius 3 is 2.57 bits per heavy atom. The fourth-order valence-corrected chi connectivity index (χ4v) is 2.21. The fraction of sp³-hybridized carbons (Fsp3) is 0.722. The molecule has 1 atom stereocenters. The van der Waals surface area contributed by atoms with Crippen molar-refractivity contribution >= 4 is 0 Å². The molecule has 1 N–H and O–H groups in total. The van der Waals surface area contributed by atoms with Crippen molar-refractivity contribution in [2.75, 3.05) is 6.54 Å². The van der Waals surface area contributed by atoms with E-state index in [-0.39, 0.29) is 6.10 Å². The number of hydrogen-bond donors (Lipinski definition) is 1. The molecule has 0 saturated carbocycles. The first-order valence-electron chi connectivity index (χ1n) is 8.44. The molecule has 3 nitrogen and oxygen atoms in total. The summed E-state index contributed by atoms with van der Waals surface area (Å²) in [6, 6.07) is 4.08. The van der Waals surface area contributed by atoms with Crippen molar-refractivity contribution in [1.82, 2.24) is 10.3 Å². The zero-order valence-corrected chi connectivity index (χ0v) is 14.2. The molecule has 3 heteroatoms. The van der Waals surface area contributed by atoms with Crippen LogP contribution in [0.25, 0.3) is 0 Å². The first kappa shape index (κ1) is 18.0. The molecule has 0 amide bonds. The summed E-state index contributed by atoms with van der Waals surface area (Å²) in [5, 5.41) is 3.42. The highest BCUT2D eigenvalue weighted by Gasteiger charge is 2.05. The molecule has 0 bridgehead atoms. The molecule has 0 aromatic carbocycles. The zero-order chi connectivity index (χ0) is 15.5. The Morgan fingerprint density at radius 1 is 1.14 bits per heavy atom. The Labute approximate surface area is 130 Å². The van der Waals surface area contributed by atoms with E-state index in [0.717, 1.165) is 25.4 Å². The third-order valence-electron chi connectivity index (χ3n) is 3.47. The van der Waals surface area contributed by atoms with Gasteiger partial charge in [-0.05, 0) is 37.8 Å². The summed E-state index contributed by atoms with van der Waals surface area (Å²) in [5.41, 5.74) is 1.21. The van der Waals surface area contributed by atoms with E-state index in [1.165, 1.54) is 31.2 Å². The molecule has 1 rings (SSSR count). The van der Waals surface area contributed by atoms with Crippen LogP contribution in [0.3, 0.4) is 0 Å². The van der Waals surface area contributed by atoms with Gasteiger partial charge < -0.3 is 10.1 Å². The molecule has 0 aliphatic heterocycles. The van der Waals surface area contributed by atoms with Crippen molar-refractivity contribution in [3.63, 3.8) is 0 Å². The molecule has 0 aliphatic rings. The number of aromatic nitrogens is 1. The number of ether oxygens (including phenoxy) is 1. The Hall–Kier alpha value is -1.09. The SMILES string of the molecule is CCCCCCC(C)Oc1ccc(CNCC(C)C)cn1. The Morgan fingerprint density at radius 2 is 1.95 bits per heavy atom. The second kappa shape index (κ2) is 10.6. The molecular formula is C18H32N2O. The molecule has 21 heavy (non-hydrogen) atoms. The maximum Gasteiger partial charge on any atom is 0.213 e. The first-order chi connectivity index (χ1) is 10.1. The van der Waals surface area contributed by atoms with Crippen LogP contribution in [0.15, 0.2) is 18.3 Å². The smallest absolute Gasteiger partial charge is 0.213 e. The van der Waals surface area contributed by atoms with Crippen LogP contribution in [0.2, 0.25) is 0 Å². The number of pyridine rings is 1. The Kier molecular flexibility index (Phi) is 9.07. The van der Waals surface area contributed by atoms with Crippen molar-refractivity contribution in [2.24, 2.45) is 5.92 Å². The maximum atomic E-state index is 5.86.